The number of carboxylic acids is 1. The molecule has 0 amide bonds. The van der Waals surface area contributed by atoms with Gasteiger partial charge in [0.1, 0.15) is 0 Å². The minimum Gasteiger partial charge on any atom is -0.483 e. The van der Waals surface area contributed by atoms with Gasteiger partial charge >= 0.3 is 5.97 Å². The Morgan fingerprint density at radius 2 is 1.66 bits per heavy atom. The molecule has 1 saturated carbocycles. The minimum absolute atomic E-state index is 0.175. The van der Waals surface area contributed by atoms with Crippen molar-refractivity contribution in [2.75, 3.05) is 31.1 Å². The van der Waals surface area contributed by atoms with E-state index in [4.69, 9.17) is 33.1 Å². The Labute approximate surface area is 216 Å². The fourth-order valence-corrected chi connectivity index (χ4v) is 5.94. The molecule has 188 valence electrons. The van der Waals surface area contributed by atoms with E-state index in [-0.39, 0.29) is 12.4 Å². The Morgan fingerprint density at radius 1 is 1.06 bits per heavy atom. The number of carboxylic acid groups (broad SMARTS) is 2. The molecule has 1 aliphatic carbocycles. The number of likely N-dealkylation sites (tertiary alicyclic amines) is 1. The average molecular weight is 519 g/mol. The Balaban J connectivity index is 0.000000917. The number of nitrogens with zero attached hydrogens (tertiary/aromatic N) is 2. The van der Waals surface area contributed by atoms with Crippen molar-refractivity contribution in [3.8, 4) is 0 Å². The van der Waals surface area contributed by atoms with Crippen LogP contribution in [0.3, 0.4) is 0 Å². The molecular weight excluding hydrogens is 487 g/mol. The first-order valence-corrected chi connectivity index (χ1v) is 12.9. The van der Waals surface area contributed by atoms with Crippen molar-refractivity contribution < 1.29 is 19.8 Å². The van der Waals surface area contributed by atoms with Crippen molar-refractivity contribution in [2.45, 2.75) is 51.0 Å². The van der Waals surface area contributed by atoms with Crippen LogP contribution in [0.4, 0.5) is 5.69 Å². The highest BCUT2D eigenvalue weighted by atomic mass is 35.5. The first kappa shape index (κ1) is 25.8. The fourth-order valence-electron chi connectivity index (χ4n) is 5.31. The maximum absolute atomic E-state index is 11.3. The van der Waals surface area contributed by atoms with Crippen molar-refractivity contribution in [3.05, 3.63) is 62.6 Å². The van der Waals surface area contributed by atoms with Crippen molar-refractivity contribution in [2.24, 2.45) is 5.92 Å². The van der Waals surface area contributed by atoms with Crippen LogP contribution in [0.25, 0.3) is 0 Å². The molecule has 5 rings (SSSR count). The predicted octanol–water partition coefficient (Wildman–Crippen LogP) is 5.78. The summed E-state index contributed by atoms with van der Waals surface area (Å²) in [7, 11) is 0. The molecule has 3 aliphatic rings. The zero-order valence-corrected chi connectivity index (χ0v) is 21.4. The van der Waals surface area contributed by atoms with Gasteiger partial charge < -0.3 is 15.1 Å². The van der Waals surface area contributed by atoms with E-state index in [1.807, 2.05) is 18.2 Å². The summed E-state index contributed by atoms with van der Waals surface area (Å²) in [6.45, 7) is 6.56. The van der Waals surface area contributed by atoms with E-state index in [1.165, 1.54) is 35.1 Å². The molecule has 0 aromatic heterocycles. The molecule has 2 aromatic carbocycles. The largest absolute Gasteiger partial charge is 0.483 e. The van der Waals surface area contributed by atoms with E-state index < -0.39 is 5.97 Å². The second kappa shape index (κ2) is 11.2. The maximum atomic E-state index is 11.3. The van der Waals surface area contributed by atoms with E-state index in [9.17, 15) is 9.90 Å². The predicted molar refractivity (Wildman–Crippen MR) is 139 cm³/mol. The minimum atomic E-state index is -0.642. The Morgan fingerprint density at radius 3 is 2.20 bits per heavy atom. The van der Waals surface area contributed by atoms with Crippen LogP contribution in [0.1, 0.15) is 59.8 Å². The lowest BCUT2D eigenvalue weighted by molar-refractivity contribution is -0.143. The number of benzene rings is 2. The molecular formula is C27H32Cl2N2O4. The third-order valence-corrected chi connectivity index (χ3v) is 8.08. The second-order valence-electron chi connectivity index (χ2n) is 9.85. The van der Waals surface area contributed by atoms with Crippen LogP contribution in [0.15, 0.2) is 30.3 Å². The lowest BCUT2D eigenvalue weighted by Gasteiger charge is -2.42. The summed E-state index contributed by atoms with van der Waals surface area (Å²) < 4.78 is 0. The van der Waals surface area contributed by atoms with Gasteiger partial charge in [-0.15, -0.1) is 0 Å². The molecule has 0 atom stereocenters. The van der Waals surface area contributed by atoms with Gasteiger partial charge in [-0.25, -0.2) is 0 Å². The summed E-state index contributed by atoms with van der Waals surface area (Å²) in [5.74, 6) is 0.371. The maximum Gasteiger partial charge on any atom is 0.306 e. The molecule has 8 heteroatoms. The Hall–Kier alpha value is -2.28. The van der Waals surface area contributed by atoms with Gasteiger partial charge in [0, 0.05) is 25.6 Å². The second-order valence-corrected chi connectivity index (χ2v) is 10.7. The topological polar surface area (TPSA) is 81.1 Å². The SMILES string of the molecule is Cc1cc(C2CN(c3c(Cl)cccc3Cl)C2)cc(C2CC2)c1CN1CCC(C(=O)O)CC1.O=CO. The number of halogens is 2. The van der Waals surface area contributed by atoms with Crippen molar-refractivity contribution in [3.63, 3.8) is 0 Å². The van der Waals surface area contributed by atoms with Crippen LogP contribution in [-0.4, -0.2) is 53.7 Å². The summed E-state index contributed by atoms with van der Waals surface area (Å²) >= 11 is 12.8. The van der Waals surface area contributed by atoms with Gasteiger partial charge in [-0.3, -0.25) is 14.5 Å². The summed E-state index contributed by atoms with van der Waals surface area (Å²) in [5, 5.41) is 17.6. The van der Waals surface area contributed by atoms with E-state index in [2.05, 4.69) is 28.9 Å². The van der Waals surface area contributed by atoms with Gasteiger partial charge in [-0.2, -0.15) is 0 Å². The van der Waals surface area contributed by atoms with E-state index in [1.54, 1.807) is 0 Å². The van der Waals surface area contributed by atoms with E-state index in [0.717, 1.165) is 51.3 Å². The van der Waals surface area contributed by atoms with Gasteiger partial charge in [-0.05, 0) is 86.0 Å². The Kier molecular flexibility index (Phi) is 8.25. The number of carbonyl (C=O) groups is 2. The third-order valence-electron chi connectivity index (χ3n) is 7.47. The average Bonchev–Trinajstić information content (AvgIpc) is 3.62. The van der Waals surface area contributed by atoms with Gasteiger partial charge in [-0.1, -0.05) is 41.4 Å². The number of anilines is 1. The molecule has 2 heterocycles. The zero-order valence-electron chi connectivity index (χ0n) is 19.9. The van der Waals surface area contributed by atoms with Crippen LogP contribution in [0.2, 0.25) is 10.0 Å². The van der Waals surface area contributed by atoms with Crippen LogP contribution < -0.4 is 4.90 Å². The van der Waals surface area contributed by atoms with E-state index in [0.29, 0.717) is 21.9 Å². The molecule has 6 nitrogen and oxygen atoms in total. The molecule has 3 fully saturated rings. The number of rotatable bonds is 6. The van der Waals surface area contributed by atoms with Crippen molar-refractivity contribution >= 4 is 41.3 Å². The standard InChI is InChI=1S/C26H30Cl2N2O2.CH2O2/c1-16-11-19(20-13-30(14-20)25-23(27)3-2-4-24(25)28)12-21(17-5-6-17)22(16)15-29-9-7-18(8-10-29)26(31)32;2-1-3/h2-4,11-12,17-18,20H,5-10,13-15H2,1H3,(H,31,32);1H,(H,2,3). The zero-order chi connectivity index (χ0) is 25.1. The van der Waals surface area contributed by atoms with Crippen LogP contribution in [-0.2, 0) is 16.1 Å². The smallest absolute Gasteiger partial charge is 0.306 e. The molecule has 2 aliphatic heterocycles. The number of piperidine rings is 1. The van der Waals surface area contributed by atoms with Crippen molar-refractivity contribution in [1.29, 1.82) is 0 Å². The molecule has 2 N–H and O–H groups in total. The highest BCUT2D eigenvalue weighted by Gasteiger charge is 2.34. The summed E-state index contributed by atoms with van der Waals surface area (Å²) in [5.41, 5.74) is 6.74. The first-order valence-electron chi connectivity index (χ1n) is 12.2. The van der Waals surface area contributed by atoms with Crippen molar-refractivity contribution in [1.82, 2.24) is 4.90 Å². The molecule has 2 saturated heterocycles. The Bertz CT molecular complexity index is 1050. The monoisotopic (exact) mass is 518 g/mol. The normalized spacial score (nSPS) is 19.0. The van der Waals surface area contributed by atoms with Gasteiger partial charge in [0.05, 0.1) is 21.7 Å². The van der Waals surface area contributed by atoms with Crippen LogP contribution >= 0.6 is 23.2 Å². The van der Waals surface area contributed by atoms with Crippen LogP contribution in [0, 0.1) is 12.8 Å². The molecule has 0 bridgehead atoms. The quantitative estimate of drug-likeness (QED) is 0.471. The number of para-hydroxylation sites is 1. The number of aryl methyl sites for hydroxylation is 1. The number of aliphatic carboxylic acids is 1. The lowest BCUT2D eigenvalue weighted by Crippen LogP contribution is -2.45. The third kappa shape index (κ3) is 5.93. The van der Waals surface area contributed by atoms with Gasteiger partial charge in [0.2, 0.25) is 0 Å². The lowest BCUT2D eigenvalue weighted by atomic mass is 9.85. The van der Waals surface area contributed by atoms with Gasteiger partial charge in [0.15, 0.2) is 0 Å². The van der Waals surface area contributed by atoms with Crippen LogP contribution in [0.5, 0.6) is 0 Å². The highest BCUT2D eigenvalue weighted by Crippen LogP contribution is 2.46. The molecule has 0 radical (unpaired) electrons. The summed E-state index contributed by atoms with van der Waals surface area (Å²) in [6, 6.07) is 10.5. The summed E-state index contributed by atoms with van der Waals surface area (Å²) in [6.07, 6.45) is 4.08. The summed E-state index contributed by atoms with van der Waals surface area (Å²) in [4.78, 5) is 24.4. The number of hydrogen-bond acceptors (Lipinski definition) is 4. The molecule has 35 heavy (non-hydrogen) atoms. The first-order chi connectivity index (χ1) is 16.8. The molecule has 2 aromatic rings. The molecule has 0 spiro atoms. The molecule has 0 unspecified atom stereocenters. The highest BCUT2D eigenvalue weighted by molar-refractivity contribution is 6.39. The number of hydrogen-bond donors (Lipinski definition) is 2. The van der Waals surface area contributed by atoms with E-state index >= 15 is 0 Å². The fraction of sp³-hybridized carbons (Fsp3) is 0.481. The van der Waals surface area contributed by atoms with Gasteiger partial charge in [0.25, 0.3) is 6.47 Å².